The lowest BCUT2D eigenvalue weighted by atomic mass is 9.96. The van der Waals surface area contributed by atoms with Crippen molar-refractivity contribution in [1.82, 2.24) is 9.55 Å². The minimum atomic E-state index is -1.83. The van der Waals surface area contributed by atoms with E-state index in [1.165, 1.54) is 13.1 Å². The molecule has 0 radical (unpaired) electrons. The van der Waals surface area contributed by atoms with Crippen LogP contribution in [0.15, 0.2) is 17.2 Å². The van der Waals surface area contributed by atoms with Crippen molar-refractivity contribution < 1.29 is 24.9 Å². The van der Waals surface area contributed by atoms with Gasteiger partial charge in [0.2, 0.25) is 0 Å². The summed E-state index contributed by atoms with van der Waals surface area (Å²) in [5.41, 5.74) is 1.84. The predicted octanol–water partition coefficient (Wildman–Crippen LogP) is -2.66. The minimum absolute atomic E-state index is 0.506. The van der Waals surface area contributed by atoms with Crippen molar-refractivity contribution >= 4 is 5.91 Å². The van der Waals surface area contributed by atoms with E-state index >= 15 is 0 Å². The van der Waals surface area contributed by atoms with Gasteiger partial charge in [-0.15, -0.1) is 0 Å². The lowest BCUT2D eigenvalue weighted by molar-refractivity contribution is -0.0983. The lowest BCUT2D eigenvalue weighted by Gasteiger charge is -2.27. The molecule has 9 nitrogen and oxygen atoms in total. The molecule has 0 aromatic carbocycles. The van der Waals surface area contributed by atoms with Gasteiger partial charge >= 0.3 is 0 Å². The van der Waals surface area contributed by atoms with E-state index in [4.69, 9.17) is 15.6 Å². The molecule has 4 atom stereocenters. The Balaban J connectivity index is 2.50. The van der Waals surface area contributed by atoms with E-state index in [1.54, 1.807) is 0 Å². The number of hydrogen-bond donors (Lipinski definition) is 4. The van der Waals surface area contributed by atoms with Gasteiger partial charge in [0, 0.05) is 12.4 Å². The Kier molecular flexibility index (Phi) is 3.61. The third-order valence-corrected chi connectivity index (χ3v) is 3.29. The van der Waals surface area contributed by atoms with E-state index in [2.05, 4.69) is 4.98 Å². The van der Waals surface area contributed by atoms with Crippen molar-refractivity contribution in [3.8, 4) is 0 Å². The molecule has 20 heavy (non-hydrogen) atoms. The second-order valence-corrected chi connectivity index (χ2v) is 4.73. The molecule has 1 aromatic rings. The number of aliphatic hydroxyl groups is 3. The standard InChI is InChI=1S/C11H15N3O6/c1-11(19)7(16)5(4-15)20-10(11)14-3-2-13-6(8(12)17)9(14)18/h2-3,5,7,10,15-16,19H,4H2,1H3,(H2,12,17)/t5-,7?,10-,11?/m1/s1. The molecule has 1 aliphatic heterocycles. The molecule has 2 rings (SSSR count). The number of nitrogens with two attached hydrogens (primary N) is 1. The van der Waals surface area contributed by atoms with Crippen molar-refractivity contribution in [2.24, 2.45) is 5.73 Å². The van der Waals surface area contributed by atoms with E-state index < -0.39 is 47.8 Å². The number of ether oxygens (including phenoxy) is 1. The van der Waals surface area contributed by atoms with E-state index in [9.17, 15) is 19.8 Å². The first-order valence-electron chi connectivity index (χ1n) is 5.84. The van der Waals surface area contributed by atoms with Gasteiger partial charge in [-0.05, 0) is 6.92 Å². The van der Waals surface area contributed by atoms with Gasteiger partial charge in [-0.2, -0.15) is 0 Å². The summed E-state index contributed by atoms with van der Waals surface area (Å²) in [7, 11) is 0. The number of aromatic nitrogens is 2. The summed E-state index contributed by atoms with van der Waals surface area (Å²) in [6, 6.07) is 0. The van der Waals surface area contributed by atoms with Crippen LogP contribution in [0, 0.1) is 0 Å². The van der Waals surface area contributed by atoms with Gasteiger partial charge in [0.25, 0.3) is 11.5 Å². The zero-order valence-corrected chi connectivity index (χ0v) is 10.6. The van der Waals surface area contributed by atoms with Crippen LogP contribution in [0.5, 0.6) is 0 Å². The largest absolute Gasteiger partial charge is 0.394 e. The van der Waals surface area contributed by atoms with Crippen LogP contribution in [0.25, 0.3) is 0 Å². The van der Waals surface area contributed by atoms with Gasteiger partial charge in [0.15, 0.2) is 11.9 Å². The maximum atomic E-state index is 12.1. The summed E-state index contributed by atoms with van der Waals surface area (Å²) < 4.78 is 6.18. The number of primary amides is 1. The van der Waals surface area contributed by atoms with Crippen LogP contribution in [-0.2, 0) is 4.74 Å². The average molecular weight is 285 g/mol. The highest BCUT2D eigenvalue weighted by Crippen LogP contribution is 2.37. The van der Waals surface area contributed by atoms with E-state index in [-0.39, 0.29) is 0 Å². The fourth-order valence-electron chi connectivity index (χ4n) is 2.17. The number of rotatable bonds is 3. The highest BCUT2D eigenvalue weighted by molar-refractivity contribution is 5.90. The highest BCUT2D eigenvalue weighted by Gasteiger charge is 2.53. The molecule has 1 amide bonds. The molecular formula is C11H15N3O6. The zero-order valence-electron chi connectivity index (χ0n) is 10.6. The third-order valence-electron chi connectivity index (χ3n) is 3.29. The number of nitrogens with zero attached hydrogens (tertiary/aromatic N) is 2. The van der Waals surface area contributed by atoms with Gasteiger partial charge in [0.05, 0.1) is 6.61 Å². The monoisotopic (exact) mass is 285 g/mol. The summed E-state index contributed by atoms with van der Waals surface area (Å²) in [5.74, 6) is -1.01. The molecule has 0 aliphatic carbocycles. The number of hydrogen-bond acceptors (Lipinski definition) is 7. The first-order valence-corrected chi connectivity index (χ1v) is 5.84. The quantitative estimate of drug-likeness (QED) is 0.473. The molecule has 5 N–H and O–H groups in total. The first kappa shape index (κ1) is 14.6. The molecule has 110 valence electrons. The smallest absolute Gasteiger partial charge is 0.284 e. The normalized spacial score (nSPS) is 33.3. The molecule has 0 spiro atoms. The van der Waals surface area contributed by atoms with Crippen LogP contribution in [0.1, 0.15) is 23.6 Å². The van der Waals surface area contributed by atoms with E-state index in [0.717, 1.165) is 10.8 Å². The summed E-state index contributed by atoms with van der Waals surface area (Å²) in [4.78, 5) is 26.7. The molecule has 1 aliphatic rings. The topological polar surface area (TPSA) is 148 Å². The molecular weight excluding hydrogens is 270 g/mol. The van der Waals surface area contributed by atoms with Crippen LogP contribution < -0.4 is 11.3 Å². The lowest BCUT2D eigenvalue weighted by Crippen LogP contribution is -2.46. The molecule has 9 heteroatoms. The van der Waals surface area contributed by atoms with Crippen molar-refractivity contribution in [3.05, 3.63) is 28.4 Å². The Hall–Kier alpha value is -1.81. The molecule has 1 saturated heterocycles. The fourth-order valence-corrected chi connectivity index (χ4v) is 2.17. The molecule has 1 aromatic heterocycles. The second kappa shape index (κ2) is 4.94. The van der Waals surface area contributed by atoms with Crippen LogP contribution in [0.4, 0.5) is 0 Å². The summed E-state index contributed by atoms with van der Waals surface area (Å²) >= 11 is 0. The van der Waals surface area contributed by atoms with Gasteiger partial charge in [-0.25, -0.2) is 4.98 Å². The predicted molar refractivity (Wildman–Crippen MR) is 64.6 cm³/mol. The number of carbonyl (C=O) groups is 1. The van der Waals surface area contributed by atoms with Crippen LogP contribution >= 0.6 is 0 Å². The Bertz CT molecular complexity index is 584. The molecule has 2 heterocycles. The van der Waals surface area contributed by atoms with Gasteiger partial charge in [-0.1, -0.05) is 0 Å². The fraction of sp³-hybridized carbons (Fsp3) is 0.545. The Morgan fingerprint density at radius 3 is 2.80 bits per heavy atom. The van der Waals surface area contributed by atoms with Crippen molar-refractivity contribution in [1.29, 1.82) is 0 Å². The maximum absolute atomic E-state index is 12.1. The van der Waals surface area contributed by atoms with Crippen LogP contribution in [-0.4, -0.2) is 55.2 Å². The van der Waals surface area contributed by atoms with Crippen LogP contribution in [0.3, 0.4) is 0 Å². The van der Waals surface area contributed by atoms with Gasteiger partial charge in [-0.3, -0.25) is 14.2 Å². The number of aliphatic hydroxyl groups excluding tert-OH is 2. The van der Waals surface area contributed by atoms with E-state index in [1.807, 2.05) is 0 Å². The van der Waals surface area contributed by atoms with Gasteiger partial charge in [0.1, 0.15) is 17.8 Å². The maximum Gasteiger partial charge on any atom is 0.284 e. The molecule has 0 saturated carbocycles. The van der Waals surface area contributed by atoms with Crippen molar-refractivity contribution in [2.45, 2.75) is 31.0 Å². The molecule has 1 fully saturated rings. The Morgan fingerprint density at radius 2 is 2.30 bits per heavy atom. The zero-order chi connectivity index (χ0) is 15.1. The van der Waals surface area contributed by atoms with Gasteiger partial charge < -0.3 is 25.8 Å². The third kappa shape index (κ3) is 2.10. The van der Waals surface area contributed by atoms with Crippen molar-refractivity contribution in [3.63, 3.8) is 0 Å². The minimum Gasteiger partial charge on any atom is -0.394 e. The summed E-state index contributed by atoms with van der Waals surface area (Å²) in [6.45, 7) is 0.727. The summed E-state index contributed by atoms with van der Waals surface area (Å²) in [6.07, 6.45) is -1.37. The molecule has 2 unspecified atom stereocenters. The average Bonchev–Trinajstić information content (AvgIpc) is 2.61. The Morgan fingerprint density at radius 1 is 1.65 bits per heavy atom. The number of amides is 1. The molecule has 0 bridgehead atoms. The highest BCUT2D eigenvalue weighted by atomic mass is 16.6. The summed E-state index contributed by atoms with van der Waals surface area (Å²) in [5, 5.41) is 29.2. The second-order valence-electron chi connectivity index (χ2n) is 4.73. The van der Waals surface area contributed by atoms with Crippen molar-refractivity contribution in [2.75, 3.05) is 6.61 Å². The number of carbonyl (C=O) groups excluding carboxylic acids is 1. The van der Waals surface area contributed by atoms with Crippen LogP contribution in [0.2, 0.25) is 0 Å². The van der Waals surface area contributed by atoms with E-state index in [0.29, 0.717) is 0 Å². The SMILES string of the molecule is CC1(O)C(O)[C@@H](CO)O[C@H]1n1ccnc(C(N)=O)c1=O. The Labute approximate surface area is 113 Å². The first-order chi connectivity index (χ1) is 9.30.